The molecule has 0 heterocycles. The van der Waals surface area contributed by atoms with E-state index in [1.54, 1.807) is 0 Å². The zero-order valence-electron chi connectivity index (χ0n) is 10.8. The van der Waals surface area contributed by atoms with Crippen molar-refractivity contribution in [3.8, 4) is 5.75 Å². The van der Waals surface area contributed by atoms with Gasteiger partial charge in [0.05, 0.1) is 15.1 Å². The van der Waals surface area contributed by atoms with E-state index in [1.165, 1.54) is 19.1 Å². The second kappa shape index (κ2) is 6.59. The van der Waals surface area contributed by atoms with Crippen LogP contribution in [0.1, 0.15) is 15.9 Å². The van der Waals surface area contributed by atoms with Gasteiger partial charge >= 0.3 is 5.97 Å². The van der Waals surface area contributed by atoms with Gasteiger partial charge in [-0.05, 0) is 24.6 Å². The van der Waals surface area contributed by atoms with Crippen LogP contribution in [-0.4, -0.2) is 5.97 Å². The molecule has 22 heavy (non-hydrogen) atoms. The molecule has 2 nitrogen and oxygen atoms in total. The van der Waals surface area contributed by atoms with E-state index in [0.29, 0.717) is 0 Å². The van der Waals surface area contributed by atoms with Crippen molar-refractivity contribution in [1.82, 2.24) is 0 Å². The monoisotopic (exact) mass is 384 g/mol. The van der Waals surface area contributed by atoms with Crippen LogP contribution in [0, 0.1) is 18.6 Å². The predicted octanol–water partition coefficient (Wildman–Crippen LogP) is 6.11. The molecule has 0 aliphatic carbocycles. The quantitative estimate of drug-likeness (QED) is 0.270. The molecule has 0 atom stereocenters. The Balaban J connectivity index is 2.47. The summed E-state index contributed by atoms with van der Waals surface area (Å²) in [5, 5.41) is -0.410. The molecule has 0 aromatic heterocycles. The van der Waals surface area contributed by atoms with E-state index in [2.05, 4.69) is 0 Å². The lowest BCUT2D eigenvalue weighted by Crippen LogP contribution is -2.14. The first-order chi connectivity index (χ1) is 10.2. The van der Waals surface area contributed by atoms with Crippen molar-refractivity contribution in [2.45, 2.75) is 6.92 Å². The van der Waals surface area contributed by atoms with Gasteiger partial charge in [-0.2, -0.15) is 0 Å². The topological polar surface area (TPSA) is 26.3 Å². The highest BCUT2D eigenvalue weighted by molar-refractivity contribution is 6.50. The second-order valence-corrected chi connectivity index (χ2v) is 5.81. The molecule has 0 amide bonds. The summed E-state index contributed by atoms with van der Waals surface area (Å²) in [5.74, 6) is -3.72. The van der Waals surface area contributed by atoms with Crippen LogP contribution >= 0.6 is 46.4 Å². The molecule has 0 saturated heterocycles. The summed E-state index contributed by atoms with van der Waals surface area (Å²) in [4.78, 5) is 12.0. The van der Waals surface area contributed by atoms with Gasteiger partial charge < -0.3 is 4.74 Å². The third kappa shape index (κ3) is 3.15. The van der Waals surface area contributed by atoms with Crippen molar-refractivity contribution in [2.24, 2.45) is 0 Å². The number of hydrogen-bond acceptors (Lipinski definition) is 2. The van der Waals surface area contributed by atoms with Gasteiger partial charge in [0.1, 0.15) is 22.2 Å². The van der Waals surface area contributed by atoms with Gasteiger partial charge in [-0.3, -0.25) is 0 Å². The van der Waals surface area contributed by atoms with Crippen molar-refractivity contribution in [3.63, 3.8) is 0 Å². The van der Waals surface area contributed by atoms with Gasteiger partial charge in [-0.25, -0.2) is 13.6 Å². The zero-order valence-corrected chi connectivity index (χ0v) is 13.8. The summed E-state index contributed by atoms with van der Waals surface area (Å²) in [6, 6.07) is 3.34. The fourth-order valence-electron chi connectivity index (χ4n) is 1.63. The number of hydrogen-bond donors (Lipinski definition) is 0. The normalized spacial score (nSPS) is 10.7. The Hall–Kier alpha value is -1.07. The lowest BCUT2D eigenvalue weighted by molar-refractivity contribution is 0.0724. The molecule has 0 N–H and O–H groups in total. The average molecular weight is 386 g/mol. The Bertz CT molecular complexity index is 778. The first-order valence-electron chi connectivity index (χ1n) is 5.73. The Morgan fingerprint density at radius 2 is 1.68 bits per heavy atom. The molecule has 0 spiro atoms. The molecule has 0 aliphatic rings. The Morgan fingerprint density at radius 3 is 2.32 bits per heavy atom. The van der Waals surface area contributed by atoms with Gasteiger partial charge in [-0.15, -0.1) is 0 Å². The third-order valence-corrected chi connectivity index (χ3v) is 4.28. The van der Waals surface area contributed by atoms with Gasteiger partial charge in [0.2, 0.25) is 0 Å². The van der Waals surface area contributed by atoms with E-state index >= 15 is 0 Å². The molecule has 0 saturated carbocycles. The SMILES string of the molecule is Cc1ccc(F)c(C(=O)Oc2c(Cl)cc(Cl)c(Cl)c2Cl)c1F. The van der Waals surface area contributed by atoms with E-state index in [1.807, 2.05) is 0 Å². The highest BCUT2D eigenvalue weighted by Crippen LogP contribution is 2.43. The highest BCUT2D eigenvalue weighted by atomic mass is 35.5. The molecule has 0 unspecified atom stereocenters. The Labute approximate surface area is 144 Å². The van der Waals surface area contributed by atoms with Crippen molar-refractivity contribution >= 4 is 52.4 Å². The van der Waals surface area contributed by atoms with E-state index < -0.39 is 23.2 Å². The summed E-state index contributed by atoms with van der Waals surface area (Å²) >= 11 is 23.3. The standard InChI is InChI=1S/C14H6Cl4F2O2/c1-5-2-3-8(19)9(12(5)20)14(21)22-13-7(16)4-6(15)10(17)11(13)18/h2-4H,1H3. The summed E-state index contributed by atoms with van der Waals surface area (Å²) in [7, 11) is 0. The van der Waals surface area contributed by atoms with Gasteiger partial charge in [0, 0.05) is 0 Å². The molecule has 0 fully saturated rings. The number of ether oxygens (including phenoxy) is 1. The summed E-state index contributed by atoms with van der Waals surface area (Å²) in [6.45, 7) is 1.38. The van der Waals surface area contributed by atoms with Gasteiger partial charge in [0.15, 0.2) is 5.75 Å². The first kappa shape index (κ1) is 17.3. The number of aryl methyl sites for hydroxylation is 1. The largest absolute Gasteiger partial charge is 0.420 e. The first-order valence-corrected chi connectivity index (χ1v) is 7.25. The number of esters is 1. The fourth-order valence-corrected chi connectivity index (χ4v) is 2.61. The van der Waals surface area contributed by atoms with E-state index in [4.69, 9.17) is 51.1 Å². The van der Waals surface area contributed by atoms with Crippen LogP contribution in [-0.2, 0) is 0 Å². The smallest absolute Gasteiger partial charge is 0.349 e. The number of rotatable bonds is 2. The van der Waals surface area contributed by atoms with Crippen LogP contribution in [0.25, 0.3) is 0 Å². The highest BCUT2D eigenvalue weighted by Gasteiger charge is 2.24. The molecule has 8 heteroatoms. The average Bonchev–Trinajstić information content (AvgIpc) is 2.45. The van der Waals surface area contributed by atoms with Crippen LogP contribution in [0.15, 0.2) is 18.2 Å². The fraction of sp³-hybridized carbons (Fsp3) is 0.0714. The molecule has 2 aromatic carbocycles. The minimum atomic E-state index is -1.29. The van der Waals surface area contributed by atoms with Crippen molar-refractivity contribution in [3.05, 3.63) is 61.1 Å². The van der Waals surface area contributed by atoms with E-state index in [0.717, 1.165) is 6.07 Å². The number of halogens is 6. The zero-order chi connectivity index (χ0) is 16.6. The number of benzene rings is 2. The molecular weight excluding hydrogens is 380 g/mol. The summed E-state index contributed by atoms with van der Waals surface area (Å²) in [5.41, 5.74) is -0.766. The maximum absolute atomic E-state index is 13.9. The van der Waals surface area contributed by atoms with Crippen LogP contribution in [0.3, 0.4) is 0 Å². The molecule has 116 valence electrons. The van der Waals surface area contributed by atoms with Crippen molar-refractivity contribution in [1.29, 1.82) is 0 Å². The third-order valence-electron chi connectivity index (χ3n) is 2.76. The molecule has 0 bridgehead atoms. The van der Waals surface area contributed by atoms with E-state index in [9.17, 15) is 13.6 Å². The predicted molar refractivity (Wildman–Crippen MR) is 82.5 cm³/mol. The summed E-state index contributed by atoms with van der Waals surface area (Å²) < 4.78 is 32.5. The molecule has 0 radical (unpaired) electrons. The lowest BCUT2D eigenvalue weighted by Gasteiger charge is -2.11. The van der Waals surface area contributed by atoms with Gasteiger partial charge in [-0.1, -0.05) is 52.5 Å². The Morgan fingerprint density at radius 1 is 1.05 bits per heavy atom. The van der Waals surface area contributed by atoms with Crippen LogP contribution in [0.4, 0.5) is 8.78 Å². The van der Waals surface area contributed by atoms with Crippen LogP contribution in [0.2, 0.25) is 20.1 Å². The van der Waals surface area contributed by atoms with Crippen LogP contribution < -0.4 is 4.74 Å². The molecule has 2 rings (SSSR count). The van der Waals surface area contributed by atoms with Crippen molar-refractivity contribution in [2.75, 3.05) is 0 Å². The molecule has 2 aromatic rings. The molecule has 0 aliphatic heterocycles. The minimum Gasteiger partial charge on any atom is -0.420 e. The van der Waals surface area contributed by atoms with E-state index in [-0.39, 0.29) is 31.4 Å². The maximum atomic E-state index is 13.9. The summed E-state index contributed by atoms with van der Waals surface area (Å²) in [6.07, 6.45) is 0. The lowest BCUT2D eigenvalue weighted by atomic mass is 10.1. The Kier molecular flexibility index (Phi) is 5.17. The van der Waals surface area contributed by atoms with Crippen molar-refractivity contribution < 1.29 is 18.3 Å². The second-order valence-electron chi connectivity index (χ2n) is 4.24. The maximum Gasteiger partial charge on any atom is 0.349 e. The number of carbonyl (C=O) groups excluding carboxylic acids is 1. The molecular formula is C14H6Cl4F2O2. The van der Waals surface area contributed by atoms with Crippen LogP contribution in [0.5, 0.6) is 5.75 Å². The minimum absolute atomic E-state index is 0.0457. The van der Waals surface area contributed by atoms with Gasteiger partial charge in [0.25, 0.3) is 0 Å². The number of carbonyl (C=O) groups is 1.